The zero-order valence-electron chi connectivity index (χ0n) is 8.44. The number of nitrogens with zero attached hydrogens (tertiary/aromatic N) is 1. The van der Waals surface area contributed by atoms with Crippen LogP contribution in [-0.4, -0.2) is 18.9 Å². The normalized spacial score (nSPS) is 14.8. The summed E-state index contributed by atoms with van der Waals surface area (Å²) in [5.41, 5.74) is 0.193. The number of imide groups is 1. The van der Waals surface area contributed by atoms with E-state index in [1.54, 1.807) is 0 Å². The number of hydrogen-bond donors (Lipinski definition) is 0. The van der Waals surface area contributed by atoms with E-state index in [9.17, 15) is 14.0 Å². The van der Waals surface area contributed by atoms with E-state index in [2.05, 4.69) is 0 Å². The van der Waals surface area contributed by atoms with Crippen LogP contribution in [0.2, 0.25) is 0 Å². The fraction of sp³-hybridized carbons (Fsp3) is 0.0909. The predicted octanol–water partition coefficient (Wildman–Crippen LogP) is 1.26. The van der Waals surface area contributed by atoms with Crippen LogP contribution in [0.5, 0.6) is 5.75 Å². The minimum Gasteiger partial charge on any atom is -0.494 e. The molecule has 0 fully saturated rings. The monoisotopic (exact) mass is 221 g/mol. The Balaban J connectivity index is 2.39. The molecule has 0 N–H and O–H groups in total. The minimum atomic E-state index is -0.618. The van der Waals surface area contributed by atoms with Gasteiger partial charge in [-0.05, 0) is 12.1 Å². The highest BCUT2D eigenvalue weighted by molar-refractivity contribution is 6.28. The van der Waals surface area contributed by atoms with E-state index in [0.717, 1.165) is 23.1 Å². The van der Waals surface area contributed by atoms with Gasteiger partial charge in [-0.2, -0.15) is 0 Å². The largest absolute Gasteiger partial charge is 0.494 e. The molecule has 0 unspecified atom stereocenters. The quantitative estimate of drug-likeness (QED) is 0.706. The number of methoxy groups -OCH3 is 1. The molecule has 5 heteroatoms. The molecular weight excluding hydrogens is 213 g/mol. The van der Waals surface area contributed by atoms with Gasteiger partial charge in [0, 0.05) is 18.2 Å². The molecule has 1 aromatic carbocycles. The van der Waals surface area contributed by atoms with Crippen molar-refractivity contribution in [1.82, 2.24) is 0 Å². The standard InChI is InChI=1S/C11H8FNO3/c1-16-9-3-2-7(6-8(9)12)13-10(14)4-5-11(13)15/h2-6H,1H3. The maximum atomic E-state index is 13.4. The predicted molar refractivity (Wildman–Crippen MR) is 54.6 cm³/mol. The molecule has 0 radical (unpaired) electrons. The third-order valence-corrected chi connectivity index (χ3v) is 2.20. The van der Waals surface area contributed by atoms with Crippen molar-refractivity contribution in [2.45, 2.75) is 0 Å². The van der Waals surface area contributed by atoms with Crippen molar-refractivity contribution >= 4 is 17.5 Å². The van der Waals surface area contributed by atoms with Crippen molar-refractivity contribution in [3.63, 3.8) is 0 Å². The topological polar surface area (TPSA) is 46.6 Å². The first-order valence-electron chi connectivity index (χ1n) is 4.53. The van der Waals surface area contributed by atoms with Crippen LogP contribution in [0.1, 0.15) is 0 Å². The lowest BCUT2D eigenvalue weighted by molar-refractivity contribution is -0.119. The summed E-state index contributed by atoms with van der Waals surface area (Å²) in [4.78, 5) is 23.5. The number of anilines is 1. The van der Waals surface area contributed by atoms with E-state index in [-0.39, 0.29) is 11.4 Å². The Labute approximate surface area is 90.9 Å². The second-order valence-electron chi connectivity index (χ2n) is 3.16. The summed E-state index contributed by atoms with van der Waals surface area (Å²) in [7, 11) is 1.34. The molecule has 0 saturated heterocycles. The molecule has 0 saturated carbocycles. The molecular formula is C11H8FNO3. The summed E-state index contributed by atoms with van der Waals surface area (Å²) in [5.74, 6) is -1.51. The highest BCUT2D eigenvalue weighted by Gasteiger charge is 2.25. The van der Waals surface area contributed by atoms with E-state index in [4.69, 9.17) is 4.74 Å². The van der Waals surface area contributed by atoms with Gasteiger partial charge in [-0.25, -0.2) is 9.29 Å². The number of halogens is 1. The fourth-order valence-corrected chi connectivity index (χ4v) is 1.45. The third kappa shape index (κ3) is 1.56. The van der Waals surface area contributed by atoms with Crippen LogP contribution in [0, 0.1) is 5.82 Å². The van der Waals surface area contributed by atoms with Crippen LogP contribution < -0.4 is 9.64 Å². The molecule has 1 aliphatic heterocycles. The number of rotatable bonds is 2. The molecule has 1 aliphatic rings. The summed E-state index contributed by atoms with van der Waals surface area (Å²) in [6.45, 7) is 0. The van der Waals surface area contributed by atoms with Crippen molar-refractivity contribution in [3.05, 3.63) is 36.2 Å². The summed E-state index contributed by atoms with van der Waals surface area (Å²) >= 11 is 0. The maximum Gasteiger partial charge on any atom is 0.258 e. The summed E-state index contributed by atoms with van der Waals surface area (Å²) in [6.07, 6.45) is 2.29. The van der Waals surface area contributed by atoms with Gasteiger partial charge in [0.2, 0.25) is 0 Å². The molecule has 1 heterocycles. The lowest BCUT2D eigenvalue weighted by atomic mass is 10.2. The van der Waals surface area contributed by atoms with Crippen LogP contribution in [0.4, 0.5) is 10.1 Å². The molecule has 82 valence electrons. The van der Waals surface area contributed by atoms with Gasteiger partial charge in [-0.3, -0.25) is 9.59 Å². The summed E-state index contributed by atoms with van der Waals surface area (Å²) in [6, 6.07) is 3.90. The van der Waals surface area contributed by atoms with Crippen molar-refractivity contribution in [2.24, 2.45) is 0 Å². The molecule has 0 atom stereocenters. The highest BCUT2D eigenvalue weighted by atomic mass is 19.1. The Hall–Kier alpha value is -2.17. The lowest BCUT2D eigenvalue weighted by Crippen LogP contribution is -2.29. The first-order chi connectivity index (χ1) is 7.63. The Morgan fingerprint density at radius 2 is 1.81 bits per heavy atom. The van der Waals surface area contributed by atoms with Gasteiger partial charge < -0.3 is 4.74 Å². The van der Waals surface area contributed by atoms with Gasteiger partial charge in [-0.1, -0.05) is 0 Å². The number of hydrogen-bond acceptors (Lipinski definition) is 3. The van der Waals surface area contributed by atoms with Crippen LogP contribution in [-0.2, 0) is 9.59 Å². The van der Waals surface area contributed by atoms with E-state index >= 15 is 0 Å². The zero-order chi connectivity index (χ0) is 11.7. The van der Waals surface area contributed by atoms with Gasteiger partial charge in [0.1, 0.15) is 0 Å². The minimum absolute atomic E-state index is 0.0656. The summed E-state index contributed by atoms with van der Waals surface area (Å²) < 4.78 is 18.1. The average Bonchev–Trinajstić information content (AvgIpc) is 2.58. The van der Waals surface area contributed by atoms with E-state index in [0.29, 0.717) is 0 Å². The zero-order valence-corrected chi connectivity index (χ0v) is 8.44. The second-order valence-corrected chi connectivity index (χ2v) is 3.16. The Morgan fingerprint density at radius 1 is 1.19 bits per heavy atom. The summed E-state index contributed by atoms with van der Waals surface area (Å²) in [5, 5.41) is 0. The molecule has 0 spiro atoms. The molecule has 2 amide bonds. The molecule has 0 bridgehead atoms. The molecule has 16 heavy (non-hydrogen) atoms. The van der Waals surface area contributed by atoms with Crippen molar-refractivity contribution in [3.8, 4) is 5.75 Å². The average molecular weight is 221 g/mol. The van der Waals surface area contributed by atoms with Crippen LogP contribution in [0.25, 0.3) is 0 Å². The van der Waals surface area contributed by atoms with Crippen molar-refractivity contribution < 1.29 is 18.7 Å². The number of carbonyl (C=O) groups excluding carboxylic acids is 2. The smallest absolute Gasteiger partial charge is 0.258 e. The third-order valence-electron chi connectivity index (χ3n) is 2.20. The number of amides is 2. The van der Waals surface area contributed by atoms with Crippen molar-refractivity contribution in [1.29, 1.82) is 0 Å². The van der Waals surface area contributed by atoms with E-state index in [1.807, 2.05) is 0 Å². The Bertz CT molecular complexity index is 478. The van der Waals surface area contributed by atoms with Gasteiger partial charge in [-0.15, -0.1) is 0 Å². The molecule has 2 rings (SSSR count). The molecule has 4 nitrogen and oxygen atoms in total. The van der Waals surface area contributed by atoms with Crippen LogP contribution in [0.15, 0.2) is 30.4 Å². The van der Waals surface area contributed by atoms with Crippen molar-refractivity contribution in [2.75, 3.05) is 12.0 Å². The SMILES string of the molecule is COc1ccc(N2C(=O)C=CC2=O)cc1F. The lowest BCUT2D eigenvalue weighted by Gasteiger charge is -2.14. The van der Waals surface area contributed by atoms with E-state index < -0.39 is 17.6 Å². The van der Waals surface area contributed by atoms with Gasteiger partial charge in [0.15, 0.2) is 11.6 Å². The molecule has 1 aromatic rings. The first-order valence-corrected chi connectivity index (χ1v) is 4.53. The number of benzene rings is 1. The van der Waals surface area contributed by atoms with Gasteiger partial charge >= 0.3 is 0 Å². The second kappa shape index (κ2) is 3.77. The molecule has 0 aromatic heterocycles. The van der Waals surface area contributed by atoms with Crippen LogP contribution in [0.3, 0.4) is 0 Å². The van der Waals surface area contributed by atoms with Crippen LogP contribution >= 0.6 is 0 Å². The van der Waals surface area contributed by atoms with Gasteiger partial charge in [0.25, 0.3) is 11.8 Å². The van der Waals surface area contributed by atoms with Gasteiger partial charge in [0.05, 0.1) is 12.8 Å². The Kier molecular flexibility index (Phi) is 2.44. The van der Waals surface area contributed by atoms with E-state index in [1.165, 1.54) is 19.2 Å². The number of ether oxygens (including phenoxy) is 1. The highest BCUT2D eigenvalue weighted by Crippen LogP contribution is 2.25. The Morgan fingerprint density at radius 3 is 2.31 bits per heavy atom. The fourth-order valence-electron chi connectivity index (χ4n) is 1.45. The first kappa shape index (κ1) is 10.4. The number of carbonyl (C=O) groups is 2. The molecule has 0 aliphatic carbocycles. The maximum absolute atomic E-state index is 13.4.